The fraction of sp³-hybridized carbons (Fsp3) is 0.375. The first-order valence-electron chi connectivity index (χ1n) is 6.87. The van der Waals surface area contributed by atoms with Crippen LogP contribution in [0.2, 0.25) is 0 Å². The van der Waals surface area contributed by atoms with Gasteiger partial charge in [-0.2, -0.15) is 0 Å². The molecule has 0 amide bonds. The van der Waals surface area contributed by atoms with Gasteiger partial charge in [0, 0.05) is 11.9 Å². The summed E-state index contributed by atoms with van der Waals surface area (Å²) in [6.45, 7) is 7.74. The molecule has 5 heteroatoms. The Hall–Kier alpha value is -2.30. The molecule has 0 fully saturated rings. The Kier molecular flexibility index (Phi) is 6.46. The van der Waals surface area contributed by atoms with E-state index in [0.29, 0.717) is 0 Å². The number of ether oxygens (including phenoxy) is 2. The zero-order chi connectivity index (χ0) is 15.8. The maximum atomic E-state index is 11.8. The fourth-order valence-corrected chi connectivity index (χ4v) is 1.61. The van der Waals surface area contributed by atoms with Crippen LogP contribution in [0, 0.1) is 13.8 Å². The van der Waals surface area contributed by atoms with Gasteiger partial charge in [-0.1, -0.05) is 6.07 Å². The minimum Gasteiger partial charge on any atom is -0.462 e. The van der Waals surface area contributed by atoms with Crippen LogP contribution in [0.25, 0.3) is 0 Å². The maximum Gasteiger partial charge on any atom is 0.347 e. The predicted octanol–water partition coefficient (Wildman–Crippen LogP) is 2.73. The molecule has 0 saturated heterocycles. The van der Waals surface area contributed by atoms with Gasteiger partial charge in [-0.15, -0.1) is 0 Å². The van der Waals surface area contributed by atoms with Gasteiger partial charge in [0.15, 0.2) is 5.57 Å². The molecule has 0 bridgehead atoms. The van der Waals surface area contributed by atoms with Gasteiger partial charge in [0.25, 0.3) is 0 Å². The van der Waals surface area contributed by atoms with Crippen LogP contribution < -0.4 is 5.32 Å². The highest BCUT2D eigenvalue weighted by molar-refractivity contribution is 6.14. The summed E-state index contributed by atoms with van der Waals surface area (Å²) in [5, 5.41) is 2.93. The van der Waals surface area contributed by atoms with Crippen LogP contribution in [-0.4, -0.2) is 25.2 Å². The number of hydrogen-bond donors (Lipinski definition) is 1. The monoisotopic (exact) mass is 291 g/mol. The molecule has 0 aliphatic rings. The molecule has 0 aromatic heterocycles. The van der Waals surface area contributed by atoms with Crippen molar-refractivity contribution < 1.29 is 19.1 Å². The highest BCUT2D eigenvalue weighted by atomic mass is 16.6. The lowest BCUT2D eigenvalue weighted by atomic mass is 10.1. The van der Waals surface area contributed by atoms with E-state index in [1.807, 2.05) is 32.0 Å². The third-order valence-electron chi connectivity index (χ3n) is 2.88. The molecule has 1 rings (SSSR count). The molecule has 1 aromatic carbocycles. The second-order valence-corrected chi connectivity index (χ2v) is 4.44. The molecule has 0 heterocycles. The molecule has 1 aromatic rings. The van der Waals surface area contributed by atoms with Gasteiger partial charge in [-0.05, 0) is 51.0 Å². The van der Waals surface area contributed by atoms with Crippen molar-refractivity contribution in [3.63, 3.8) is 0 Å². The Labute approximate surface area is 124 Å². The summed E-state index contributed by atoms with van der Waals surface area (Å²) in [6.07, 6.45) is 1.32. The Bertz CT molecular complexity index is 529. The number of benzene rings is 1. The zero-order valence-electron chi connectivity index (χ0n) is 12.9. The minimum atomic E-state index is -0.702. The van der Waals surface area contributed by atoms with E-state index < -0.39 is 11.9 Å². The molecular formula is C16H21NO4. The molecular weight excluding hydrogens is 270 g/mol. The quantitative estimate of drug-likeness (QED) is 0.378. The summed E-state index contributed by atoms with van der Waals surface area (Å²) < 4.78 is 9.71. The number of nitrogens with one attached hydrogen (secondary N) is 1. The third kappa shape index (κ3) is 4.95. The second-order valence-electron chi connectivity index (χ2n) is 4.44. The molecule has 5 nitrogen and oxygen atoms in total. The lowest BCUT2D eigenvalue weighted by molar-refractivity contribution is -0.146. The van der Waals surface area contributed by atoms with Crippen LogP contribution in [0.4, 0.5) is 5.69 Å². The zero-order valence-corrected chi connectivity index (χ0v) is 12.9. The van der Waals surface area contributed by atoms with E-state index in [4.69, 9.17) is 9.47 Å². The first kappa shape index (κ1) is 16.8. The largest absolute Gasteiger partial charge is 0.462 e. The van der Waals surface area contributed by atoms with Crippen molar-refractivity contribution in [2.75, 3.05) is 18.5 Å². The average molecular weight is 291 g/mol. The van der Waals surface area contributed by atoms with E-state index >= 15 is 0 Å². The summed E-state index contributed by atoms with van der Waals surface area (Å²) in [5.41, 5.74) is 2.91. The summed E-state index contributed by atoms with van der Waals surface area (Å²) in [7, 11) is 0. The van der Waals surface area contributed by atoms with E-state index in [-0.39, 0.29) is 18.8 Å². The fourth-order valence-electron chi connectivity index (χ4n) is 1.61. The van der Waals surface area contributed by atoms with Gasteiger partial charge in [-0.25, -0.2) is 9.59 Å². The van der Waals surface area contributed by atoms with E-state index in [9.17, 15) is 9.59 Å². The molecule has 0 aliphatic carbocycles. The van der Waals surface area contributed by atoms with Gasteiger partial charge in [0.05, 0.1) is 13.2 Å². The van der Waals surface area contributed by atoms with Crippen molar-refractivity contribution in [1.29, 1.82) is 0 Å². The lowest BCUT2D eigenvalue weighted by Crippen LogP contribution is -2.19. The summed E-state index contributed by atoms with van der Waals surface area (Å²) in [6, 6.07) is 5.76. The second kappa shape index (κ2) is 8.09. The molecule has 0 atom stereocenters. The number of rotatable bonds is 6. The number of esters is 2. The molecule has 0 unspecified atom stereocenters. The van der Waals surface area contributed by atoms with Gasteiger partial charge < -0.3 is 14.8 Å². The molecule has 0 saturated carbocycles. The van der Waals surface area contributed by atoms with E-state index in [1.165, 1.54) is 11.8 Å². The minimum absolute atomic E-state index is 0.156. The number of carbonyl (C=O) groups excluding carboxylic acids is 2. The molecule has 0 radical (unpaired) electrons. The summed E-state index contributed by atoms with van der Waals surface area (Å²) in [5.74, 6) is -1.40. The van der Waals surface area contributed by atoms with Crippen LogP contribution in [0.3, 0.4) is 0 Å². The topological polar surface area (TPSA) is 64.6 Å². The smallest absolute Gasteiger partial charge is 0.347 e. The van der Waals surface area contributed by atoms with Crippen molar-refractivity contribution in [3.05, 3.63) is 41.1 Å². The lowest BCUT2D eigenvalue weighted by Gasteiger charge is -2.08. The number of hydrogen-bond acceptors (Lipinski definition) is 5. The van der Waals surface area contributed by atoms with Crippen LogP contribution in [0.15, 0.2) is 30.0 Å². The summed E-state index contributed by atoms with van der Waals surface area (Å²) in [4.78, 5) is 23.5. The molecule has 0 aliphatic heterocycles. The number of aryl methyl sites for hydroxylation is 2. The van der Waals surface area contributed by atoms with Crippen molar-refractivity contribution in [1.82, 2.24) is 0 Å². The van der Waals surface area contributed by atoms with Gasteiger partial charge in [0.2, 0.25) is 0 Å². The third-order valence-corrected chi connectivity index (χ3v) is 2.88. The van der Waals surface area contributed by atoms with Gasteiger partial charge in [0.1, 0.15) is 0 Å². The Morgan fingerprint density at radius 1 is 1.05 bits per heavy atom. The SMILES string of the molecule is CCOC(=O)C(=CNc1ccc(C)c(C)c1)C(=O)OCC. The number of anilines is 1. The van der Waals surface area contributed by atoms with E-state index in [0.717, 1.165) is 11.3 Å². The Balaban J connectivity index is 2.93. The molecule has 114 valence electrons. The van der Waals surface area contributed by atoms with Crippen molar-refractivity contribution in [2.45, 2.75) is 27.7 Å². The van der Waals surface area contributed by atoms with Crippen LogP contribution in [-0.2, 0) is 19.1 Å². The highest BCUT2D eigenvalue weighted by Gasteiger charge is 2.20. The Morgan fingerprint density at radius 2 is 1.62 bits per heavy atom. The average Bonchev–Trinajstić information content (AvgIpc) is 2.43. The summed E-state index contributed by atoms with van der Waals surface area (Å²) >= 11 is 0. The molecule has 1 N–H and O–H groups in total. The highest BCUT2D eigenvalue weighted by Crippen LogP contribution is 2.15. The number of carbonyl (C=O) groups is 2. The van der Waals surface area contributed by atoms with Crippen molar-refractivity contribution in [3.8, 4) is 0 Å². The van der Waals surface area contributed by atoms with E-state index in [1.54, 1.807) is 13.8 Å². The van der Waals surface area contributed by atoms with Crippen molar-refractivity contribution >= 4 is 17.6 Å². The van der Waals surface area contributed by atoms with Crippen LogP contribution in [0.5, 0.6) is 0 Å². The van der Waals surface area contributed by atoms with Gasteiger partial charge in [-0.3, -0.25) is 0 Å². The molecule has 21 heavy (non-hydrogen) atoms. The first-order chi connectivity index (χ1) is 9.99. The van der Waals surface area contributed by atoms with Crippen LogP contribution >= 0.6 is 0 Å². The normalized spacial score (nSPS) is 9.71. The van der Waals surface area contributed by atoms with Gasteiger partial charge >= 0.3 is 11.9 Å². The van der Waals surface area contributed by atoms with E-state index in [2.05, 4.69) is 5.32 Å². The Morgan fingerprint density at radius 3 is 2.10 bits per heavy atom. The standard InChI is InChI=1S/C16H21NO4/c1-5-20-15(18)14(16(19)21-6-2)10-17-13-8-7-11(3)12(4)9-13/h7-10,17H,5-6H2,1-4H3. The first-order valence-corrected chi connectivity index (χ1v) is 6.87. The molecule has 0 spiro atoms. The predicted molar refractivity (Wildman–Crippen MR) is 80.9 cm³/mol. The van der Waals surface area contributed by atoms with Crippen molar-refractivity contribution in [2.24, 2.45) is 0 Å². The maximum absolute atomic E-state index is 11.8. The van der Waals surface area contributed by atoms with Crippen LogP contribution in [0.1, 0.15) is 25.0 Å².